The summed E-state index contributed by atoms with van der Waals surface area (Å²) in [4.78, 5) is 16.9. The van der Waals surface area contributed by atoms with Crippen molar-refractivity contribution in [3.63, 3.8) is 0 Å². The van der Waals surface area contributed by atoms with Crippen LogP contribution in [0.15, 0.2) is 18.6 Å². The van der Waals surface area contributed by atoms with E-state index in [4.69, 9.17) is 5.73 Å². The van der Waals surface area contributed by atoms with Crippen LogP contribution in [0.25, 0.3) is 6.08 Å². The summed E-state index contributed by atoms with van der Waals surface area (Å²) in [5.41, 5.74) is 5.78. The first-order valence-electron chi connectivity index (χ1n) is 3.22. The highest BCUT2D eigenvalue weighted by Gasteiger charge is 1.87. The molecule has 4 heteroatoms. The second-order valence-corrected chi connectivity index (χ2v) is 2.08. The Hall–Kier alpha value is -1.58. The van der Waals surface area contributed by atoms with Crippen LogP contribution in [-0.2, 0) is 4.79 Å². The number of carbonyl (C=O) groups excluding carboxylic acids is 1. The zero-order chi connectivity index (χ0) is 8.10. The second-order valence-electron chi connectivity index (χ2n) is 2.08. The zero-order valence-electron chi connectivity index (χ0n) is 5.95. The molecule has 0 radical (unpaired) electrons. The van der Waals surface area contributed by atoms with Gasteiger partial charge in [0, 0.05) is 6.42 Å². The maximum Gasteiger partial charge on any atom is 0.221 e. The van der Waals surface area contributed by atoms with Gasteiger partial charge in [-0.25, -0.2) is 4.98 Å². The van der Waals surface area contributed by atoms with E-state index in [1.807, 2.05) is 0 Å². The average molecular weight is 151 g/mol. The number of amides is 1. The first-order chi connectivity index (χ1) is 5.29. The van der Waals surface area contributed by atoms with Gasteiger partial charge in [-0.05, 0) is 6.08 Å². The topological polar surface area (TPSA) is 71.8 Å². The van der Waals surface area contributed by atoms with Crippen molar-refractivity contribution in [2.75, 3.05) is 0 Å². The molecule has 3 N–H and O–H groups in total. The van der Waals surface area contributed by atoms with Crippen LogP contribution >= 0.6 is 0 Å². The fourth-order valence-electron chi connectivity index (χ4n) is 0.660. The number of rotatable bonds is 3. The molecule has 0 saturated carbocycles. The summed E-state index contributed by atoms with van der Waals surface area (Å²) in [5.74, 6) is -0.333. The minimum absolute atomic E-state index is 0.263. The van der Waals surface area contributed by atoms with Gasteiger partial charge in [-0.15, -0.1) is 0 Å². The number of primary amides is 1. The van der Waals surface area contributed by atoms with Gasteiger partial charge in [0.2, 0.25) is 5.91 Å². The molecular formula is C7H9N3O. The van der Waals surface area contributed by atoms with Gasteiger partial charge in [-0.1, -0.05) is 6.08 Å². The summed E-state index contributed by atoms with van der Waals surface area (Å²) in [6.45, 7) is 0. The minimum Gasteiger partial charge on any atom is -0.369 e. The quantitative estimate of drug-likeness (QED) is 0.652. The number of H-pyrrole nitrogens is 1. The molecule has 0 aromatic carbocycles. The van der Waals surface area contributed by atoms with E-state index >= 15 is 0 Å². The molecule has 11 heavy (non-hydrogen) atoms. The lowest BCUT2D eigenvalue weighted by atomic mass is 10.3. The third kappa shape index (κ3) is 2.66. The Morgan fingerprint density at radius 1 is 1.82 bits per heavy atom. The molecule has 58 valence electrons. The van der Waals surface area contributed by atoms with Crippen molar-refractivity contribution >= 4 is 12.0 Å². The van der Waals surface area contributed by atoms with E-state index in [0.717, 1.165) is 5.69 Å². The Bertz CT molecular complexity index is 251. The summed E-state index contributed by atoms with van der Waals surface area (Å²) >= 11 is 0. The number of carbonyl (C=O) groups is 1. The minimum atomic E-state index is -0.333. The lowest BCUT2D eigenvalue weighted by molar-refractivity contribution is -0.117. The zero-order valence-corrected chi connectivity index (χ0v) is 5.95. The summed E-state index contributed by atoms with van der Waals surface area (Å²) in [7, 11) is 0. The maximum absolute atomic E-state index is 10.3. The van der Waals surface area contributed by atoms with Crippen LogP contribution in [0.2, 0.25) is 0 Å². The van der Waals surface area contributed by atoms with Crippen molar-refractivity contribution in [2.24, 2.45) is 5.73 Å². The fraction of sp³-hybridized carbons (Fsp3) is 0.143. The highest BCUT2D eigenvalue weighted by atomic mass is 16.1. The molecule has 1 aromatic rings. The number of nitrogens with two attached hydrogens (primary N) is 1. The third-order valence-corrected chi connectivity index (χ3v) is 1.14. The van der Waals surface area contributed by atoms with Gasteiger partial charge in [0.15, 0.2) is 0 Å². The van der Waals surface area contributed by atoms with E-state index < -0.39 is 0 Å². The maximum atomic E-state index is 10.3. The number of aromatic amines is 1. The van der Waals surface area contributed by atoms with Crippen LogP contribution in [0.1, 0.15) is 12.1 Å². The van der Waals surface area contributed by atoms with E-state index in [0.29, 0.717) is 0 Å². The van der Waals surface area contributed by atoms with Crippen molar-refractivity contribution < 1.29 is 4.79 Å². The molecule has 0 saturated heterocycles. The molecule has 1 heterocycles. The summed E-state index contributed by atoms with van der Waals surface area (Å²) in [6, 6.07) is 0. The Labute approximate surface area is 64.1 Å². The molecule has 0 aliphatic carbocycles. The smallest absolute Gasteiger partial charge is 0.221 e. The Morgan fingerprint density at radius 2 is 2.64 bits per heavy atom. The molecule has 0 unspecified atom stereocenters. The third-order valence-electron chi connectivity index (χ3n) is 1.14. The van der Waals surface area contributed by atoms with Crippen molar-refractivity contribution in [1.82, 2.24) is 9.97 Å². The number of nitrogens with zero attached hydrogens (tertiary/aromatic N) is 1. The highest BCUT2D eigenvalue weighted by molar-refractivity contribution is 5.76. The van der Waals surface area contributed by atoms with Crippen LogP contribution in [0.5, 0.6) is 0 Å². The summed E-state index contributed by atoms with van der Waals surface area (Å²) < 4.78 is 0. The molecule has 0 fully saturated rings. The lowest BCUT2D eigenvalue weighted by Crippen LogP contribution is -2.07. The lowest BCUT2D eigenvalue weighted by Gasteiger charge is -1.83. The van der Waals surface area contributed by atoms with Gasteiger partial charge >= 0.3 is 0 Å². The number of imidazole rings is 1. The van der Waals surface area contributed by atoms with Gasteiger partial charge in [0.25, 0.3) is 0 Å². The van der Waals surface area contributed by atoms with Crippen molar-refractivity contribution in [2.45, 2.75) is 6.42 Å². The SMILES string of the molecule is NC(=O)CC=Cc1cnc[nH]1. The van der Waals surface area contributed by atoms with Crippen molar-refractivity contribution in [3.05, 3.63) is 24.3 Å². The molecule has 0 spiro atoms. The predicted molar refractivity (Wildman–Crippen MR) is 41.4 cm³/mol. The van der Waals surface area contributed by atoms with Gasteiger partial charge in [-0.2, -0.15) is 0 Å². The van der Waals surface area contributed by atoms with Crippen LogP contribution in [0.4, 0.5) is 0 Å². The van der Waals surface area contributed by atoms with E-state index in [9.17, 15) is 4.79 Å². The van der Waals surface area contributed by atoms with Crippen LogP contribution < -0.4 is 5.73 Å². The molecule has 0 aliphatic rings. The molecule has 1 rings (SSSR count). The van der Waals surface area contributed by atoms with Crippen LogP contribution in [0, 0.1) is 0 Å². The molecular weight excluding hydrogens is 142 g/mol. The molecule has 0 bridgehead atoms. The standard InChI is InChI=1S/C7H9N3O/c8-7(11)3-1-2-6-4-9-5-10-6/h1-2,4-5H,3H2,(H2,8,11)(H,9,10). The second kappa shape index (κ2) is 3.55. The molecule has 1 amide bonds. The number of nitrogens with one attached hydrogen (secondary N) is 1. The average Bonchev–Trinajstić information content (AvgIpc) is 2.39. The molecule has 0 atom stereocenters. The largest absolute Gasteiger partial charge is 0.369 e. The van der Waals surface area contributed by atoms with Crippen LogP contribution in [-0.4, -0.2) is 15.9 Å². The van der Waals surface area contributed by atoms with Crippen molar-refractivity contribution in [3.8, 4) is 0 Å². The van der Waals surface area contributed by atoms with Gasteiger partial charge < -0.3 is 10.7 Å². The van der Waals surface area contributed by atoms with E-state index in [-0.39, 0.29) is 12.3 Å². The van der Waals surface area contributed by atoms with Gasteiger partial charge in [0.1, 0.15) is 0 Å². The monoisotopic (exact) mass is 151 g/mol. The van der Waals surface area contributed by atoms with E-state index in [1.54, 1.807) is 24.7 Å². The number of aromatic nitrogens is 2. The highest BCUT2D eigenvalue weighted by Crippen LogP contribution is 1.94. The number of hydrogen-bond donors (Lipinski definition) is 2. The number of hydrogen-bond acceptors (Lipinski definition) is 2. The first kappa shape index (κ1) is 7.53. The summed E-state index contributed by atoms with van der Waals surface area (Å²) in [5, 5.41) is 0. The predicted octanol–water partition coefficient (Wildman–Crippen LogP) is 0.298. The Morgan fingerprint density at radius 3 is 3.18 bits per heavy atom. The molecule has 1 aromatic heterocycles. The van der Waals surface area contributed by atoms with Gasteiger partial charge in [0.05, 0.1) is 18.2 Å². The molecule has 4 nitrogen and oxygen atoms in total. The first-order valence-corrected chi connectivity index (χ1v) is 3.22. The Balaban J connectivity index is 2.43. The van der Waals surface area contributed by atoms with E-state index in [1.165, 1.54) is 0 Å². The van der Waals surface area contributed by atoms with Crippen molar-refractivity contribution in [1.29, 1.82) is 0 Å². The summed E-state index contributed by atoms with van der Waals surface area (Å²) in [6.07, 6.45) is 6.95. The van der Waals surface area contributed by atoms with E-state index in [2.05, 4.69) is 9.97 Å². The Kier molecular flexibility index (Phi) is 2.43. The van der Waals surface area contributed by atoms with Crippen LogP contribution in [0.3, 0.4) is 0 Å². The van der Waals surface area contributed by atoms with Gasteiger partial charge in [-0.3, -0.25) is 4.79 Å². The normalized spacial score (nSPS) is 10.5. The molecule has 0 aliphatic heterocycles. The fourth-order valence-corrected chi connectivity index (χ4v) is 0.660.